The Hall–Kier alpha value is -1.51. The summed E-state index contributed by atoms with van der Waals surface area (Å²) in [6, 6.07) is 3.54. The van der Waals surface area contributed by atoms with Gasteiger partial charge in [0.15, 0.2) is 0 Å². The topological polar surface area (TPSA) is 39.4 Å². The van der Waals surface area contributed by atoms with Gasteiger partial charge in [0, 0.05) is 6.08 Å². The minimum atomic E-state index is -0.327. The zero-order chi connectivity index (χ0) is 11.1. The van der Waals surface area contributed by atoms with Gasteiger partial charge in [-0.2, -0.15) is 0 Å². The van der Waals surface area contributed by atoms with Crippen LogP contribution < -0.4 is 0 Å². The molecule has 1 aromatic rings. The smallest absolute Gasteiger partial charge is 0.330 e. The van der Waals surface area contributed by atoms with E-state index in [0.717, 1.165) is 6.42 Å². The molecule has 3 heteroatoms. The summed E-state index contributed by atoms with van der Waals surface area (Å²) in [7, 11) is 0. The van der Waals surface area contributed by atoms with Crippen molar-refractivity contribution in [1.29, 1.82) is 0 Å². The Morgan fingerprint density at radius 2 is 2.40 bits per heavy atom. The second kappa shape index (κ2) is 6.06. The molecule has 0 aliphatic carbocycles. The summed E-state index contributed by atoms with van der Waals surface area (Å²) in [6.45, 7) is 4.65. The van der Waals surface area contributed by atoms with Crippen LogP contribution in [0.2, 0.25) is 0 Å². The standard InChI is InChI=1S/C12H16O3/c1-10(2)7-9-15-12(13)6-5-11-4-3-8-14-11/h3-6,8,10H,7,9H2,1-2H3/b6-5+. The Balaban J connectivity index is 2.24. The first-order valence-corrected chi connectivity index (χ1v) is 5.07. The van der Waals surface area contributed by atoms with E-state index in [0.29, 0.717) is 18.3 Å². The summed E-state index contributed by atoms with van der Waals surface area (Å²) in [4.78, 5) is 11.2. The summed E-state index contributed by atoms with van der Waals surface area (Å²) < 4.78 is 10.0. The minimum Gasteiger partial charge on any atom is -0.465 e. The lowest BCUT2D eigenvalue weighted by atomic mass is 10.1. The SMILES string of the molecule is CC(C)CCOC(=O)/C=C/c1ccco1. The minimum absolute atomic E-state index is 0.327. The third kappa shape index (κ3) is 5.05. The van der Waals surface area contributed by atoms with Crippen molar-refractivity contribution in [2.75, 3.05) is 6.61 Å². The van der Waals surface area contributed by atoms with E-state index in [9.17, 15) is 4.79 Å². The van der Waals surface area contributed by atoms with Crippen LogP contribution in [0.25, 0.3) is 6.08 Å². The Kier molecular flexibility index (Phi) is 4.68. The van der Waals surface area contributed by atoms with Gasteiger partial charge in [0.25, 0.3) is 0 Å². The fraction of sp³-hybridized carbons (Fsp3) is 0.417. The number of carbonyl (C=O) groups is 1. The maximum absolute atomic E-state index is 11.2. The van der Waals surface area contributed by atoms with Crippen LogP contribution in [-0.4, -0.2) is 12.6 Å². The molecule has 0 fully saturated rings. The molecule has 1 rings (SSSR count). The van der Waals surface area contributed by atoms with Gasteiger partial charge in [-0.15, -0.1) is 0 Å². The van der Waals surface area contributed by atoms with Crippen molar-refractivity contribution in [3.8, 4) is 0 Å². The highest BCUT2D eigenvalue weighted by molar-refractivity contribution is 5.86. The van der Waals surface area contributed by atoms with E-state index < -0.39 is 0 Å². The summed E-state index contributed by atoms with van der Waals surface area (Å²) >= 11 is 0. The molecule has 3 nitrogen and oxygen atoms in total. The summed E-state index contributed by atoms with van der Waals surface area (Å²) in [5.41, 5.74) is 0. The summed E-state index contributed by atoms with van der Waals surface area (Å²) in [6.07, 6.45) is 5.42. The molecule has 0 saturated carbocycles. The van der Waals surface area contributed by atoms with Crippen LogP contribution >= 0.6 is 0 Å². The van der Waals surface area contributed by atoms with E-state index in [1.165, 1.54) is 6.08 Å². The summed E-state index contributed by atoms with van der Waals surface area (Å²) in [5.74, 6) is 0.870. The van der Waals surface area contributed by atoms with E-state index >= 15 is 0 Å². The predicted molar refractivity (Wildman–Crippen MR) is 58.2 cm³/mol. The van der Waals surface area contributed by atoms with E-state index in [-0.39, 0.29) is 5.97 Å². The van der Waals surface area contributed by atoms with Crippen LogP contribution in [0, 0.1) is 5.92 Å². The fourth-order valence-corrected chi connectivity index (χ4v) is 0.980. The lowest BCUT2D eigenvalue weighted by Gasteiger charge is -2.03. The van der Waals surface area contributed by atoms with Gasteiger partial charge in [0.1, 0.15) is 5.76 Å². The molecule has 1 aromatic heterocycles. The van der Waals surface area contributed by atoms with E-state index in [2.05, 4.69) is 13.8 Å². The van der Waals surface area contributed by atoms with Gasteiger partial charge in [-0.3, -0.25) is 0 Å². The molecule has 0 unspecified atom stereocenters. The number of furan rings is 1. The summed E-state index contributed by atoms with van der Waals surface area (Å²) in [5, 5.41) is 0. The molecule has 0 bridgehead atoms. The van der Waals surface area contributed by atoms with Crippen molar-refractivity contribution >= 4 is 12.0 Å². The third-order valence-corrected chi connectivity index (χ3v) is 1.87. The van der Waals surface area contributed by atoms with E-state index in [1.807, 2.05) is 0 Å². The van der Waals surface area contributed by atoms with Gasteiger partial charge < -0.3 is 9.15 Å². The molecule has 0 aromatic carbocycles. The molecule has 15 heavy (non-hydrogen) atoms. The average molecular weight is 208 g/mol. The zero-order valence-electron chi connectivity index (χ0n) is 9.10. The molecule has 0 saturated heterocycles. The van der Waals surface area contributed by atoms with Crippen molar-refractivity contribution < 1.29 is 13.9 Å². The monoisotopic (exact) mass is 208 g/mol. The maximum atomic E-state index is 11.2. The third-order valence-electron chi connectivity index (χ3n) is 1.87. The molecule has 0 N–H and O–H groups in total. The quantitative estimate of drug-likeness (QED) is 0.551. The van der Waals surface area contributed by atoms with E-state index in [1.54, 1.807) is 24.5 Å². The van der Waals surface area contributed by atoms with Gasteiger partial charge in [0.2, 0.25) is 0 Å². The number of esters is 1. The molecular formula is C12H16O3. The molecule has 0 atom stereocenters. The van der Waals surface area contributed by atoms with Gasteiger partial charge in [-0.25, -0.2) is 4.79 Å². The second-order valence-electron chi connectivity index (χ2n) is 3.70. The number of rotatable bonds is 5. The number of hydrogen-bond donors (Lipinski definition) is 0. The van der Waals surface area contributed by atoms with Crippen molar-refractivity contribution in [3.63, 3.8) is 0 Å². The molecule has 0 amide bonds. The number of carbonyl (C=O) groups excluding carboxylic acids is 1. The van der Waals surface area contributed by atoms with Gasteiger partial charge in [-0.05, 0) is 30.5 Å². The first-order valence-electron chi connectivity index (χ1n) is 5.07. The van der Waals surface area contributed by atoms with Gasteiger partial charge in [0.05, 0.1) is 12.9 Å². The van der Waals surface area contributed by atoms with Crippen molar-refractivity contribution in [3.05, 3.63) is 30.2 Å². The van der Waals surface area contributed by atoms with Gasteiger partial charge in [-0.1, -0.05) is 13.8 Å². The Labute approximate surface area is 89.7 Å². The number of ether oxygens (including phenoxy) is 1. The molecule has 0 spiro atoms. The predicted octanol–water partition coefficient (Wildman–Crippen LogP) is 2.88. The highest BCUT2D eigenvalue weighted by atomic mass is 16.5. The van der Waals surface area contributed by atoms with Crippen molar-refractivity contribution in [2.45, 2.75) is 20.3 Å². The normalized spacial score (nSPS) is 11.1. The molecule has 0 aliphatic rings. The molecule has 1 heterocycles. The van der Waals surface area contributed by atoms with Crippen LogP contribution in [-0.2, 0) is 9.53 Å². The van der Waals surface area contributed by atoms with Crippen LogP contribution in [0.3, 0.4) is 0 Å². The maximum Gasteiger partial charge on any atom is 0.330 e. The first kappa shape index (κ1) is 11.6. The van der Waals surface area contributed by atoms with Crippen LogP contribution in [0.1, 0.15) is 26.0 Å². The zero-order valence-corrected chi connectivity index (χ0v) is 9.10. The lowest BCUT2D eigenvalue weighted by molar-refractivity contribution is -0.137. The fourth-order valence-electron chi connectivity index (χ4n) is 0.980. The second-order valence-corrected chi connectivity index (χ2v) is 3.70. The first-order chi connectivity index (χ1) is 7.18. The van der Waals surface area contributed by atoms with Gasteiger partial charge >= 0.3 is 5.97 Å². The molecule has 0 aliphatic heterocycles. The Morgan fingerprint density at radius 3 is 3.00 bits per heavy atom. The molecule has 82 valence electrons. The Morgan fingerprint density at radius 1 is 1.60 bits per heavy atom. The van der Waals surface area contributed by atoms with Crippen LogP contribution in [0.5, 0.6) is 0 Å². The number of hydrogen-bond acceptors (Lipinski definition) is 3. The van der Waals surface area contributed by atoms with Crippen LogP contribution in [0.4, 0.5) is 0 Å². The van der Waals surface area contributed by atoms with Crippen LogP contribution in [0.15, 0.2) is 28.9 Å². The largest absolute Gasteiger partial charge is 0.465 e. The average Bonchev–Trinajstić information content (AvgIpc) is 2.66. The Bertz CT molecular complexity index is 310. The highest BCUT2D eigenvalue weighted by Gasteiger charge is 1.99. The molecule has 0 radical (unpaired) electrons. The molecular weight excluding hydrogens is 192 g/mol. The highest BCUT2D eigenvalue weighted by Crippen LogP contribution is 2.03. The van der Waals surface area contributed by atoms with Crippen molar-refractivity contribution in [2.24, 2.45) is 5.92 Å². The van der Waals surface area contributed by atoms with Crippen molar-refractivity contribution in [1.82, 2.24) is 0 Å². The lowest BCUT2D eigenvalue weighted by Crippen LogP contribution is -2.04. The van der Waals surface area contributed by atoms with E-state index in [4.69, 9.17) is 9.15 Å².